The normalized spacial score (nSPS) is 12.5. The van der Waals surface area contributed by atoms with Crippen molar-refractivity contribution in [2.24, 2.45) is 0 Å². The van der Waals surface area contributed by atoms with Crippen LogP contribution in [0.5, 0.6) is 0 Å². The maximum atomic E-state index is 12.8. The molecular formula is C15H22FNO2. The molecule has 106 valence electrons. The van der Waals surface area contributed by atoms with Gasteiger partial charge in [0.25, 0.3) is 0 Å². The Balaban J connectivity index is 2.44. The molecule has 0 radical (unpaired) electrons. The van der Waals surface area contributed by atoms with Gasteiger partial charge in [-0.15, -0.1) is 0 Å². The second-order valence-electron chi connectivity index (χ2n) is 5.02. The monoisotopic (exact) mass is 267 g/mol. The largest absolute Gasteiger partial charge is 0.388 e. The van der Waals surface area contributed by atoms with Crippen molar-refractivity contribution in [2.45, 2.75) is 45.8 Å². The fourth-order valence-electron chi connectivity index (χ4n) is 2.09. The molecule has 0 aliphatic rings. The van der Waals surface area contributed by atoms with Gasteiger partial charge in [0, 0.05) is 19.5 Å². The molecule has 1 aromatic rings. The standard InChI is InChI=1S/C15H22FNO2/c1-11(2)17(12(3)18)10-4-5-15(19)13-6-8-14(16)9-7-13/h6-9,11,15,19H,4-5,10H2,1-3H3. The quantitative estimate of drug-likeness (QED) is 0.861. The molecule has 4 heteroatoms. The minimum Gasteiger partial charge on any atom is -0.388 e. The molecule has 1 atom stereocenters. The molecular weight excluding hydrogens is 245 g/mol. The zero-order valence-electron chi connectivity index (χ0n) is 11.8. The molecule has 0 fully saturated rings. The van der Waals surface area contributed by atoms with Crippen LogP contribution in [0.1, 0.15) is 45.3 Å². The van der Waals surface area contributed by atoms with Crippen LogP contribution in [0.4, 0.5) is 4.39 Å². The molecule has 3 nitrogen and oxygen atoms in total. The van der Waals surface area contributed by atoms with Crippen LogP contribution in [-0.4, -0.2) is 28.5 Å². The molecule has 19 heavy (non-hydrogen) atoms. The van der Waals surface area contributed by atoms with Crippen molar-refractivity contribution in [3.05, 3.63) is 35.6 Å². The lowest BCUT2D eigenvalue weighted by atomic mass is 10.0. The van der Waals surface area contributed by atoms with Gasteiger partial charge in [0.15, 0.2) is 0 Å². The summed E-state index contributed by atoms with van der Waals surface area (Å²) in [5.41, 5.74) is 0.709. The molecule has 0 bridgehead atoms. The van der Waals surface area contributed by atoms with E-state index in [1.54, 1.807) is 24.0 Å². The predicted molar refractivity (Wildman–Crippen MR) is 73.1 cm³/mol. The first kappa shape index (κ1) is 15.6. The number of halogens is 1. The van der Waals surface area contributed by atoms with Crippen molar-refractivity contribution < 1.29 is 14.3 Å². The predicted octanol–water partition coefficient (Wildman–Crippen LogP) is 2.90. The average Bonchev–Trinajstić information content (AvgIpc) is 2.34. The maximum Gasteiger partial charge on any atom is 0.219 e. The number of hydrogen-bond acceptors (Lipinski definition) is 2. The Labute approximate surface area is 114 Å². The lowest BCUT2D eigenvalue weighted by Crippen LogP contribution is -2.36. The smallest absolute Gasteiger partial charge is 0.219 e. The second-order valence-corrected chi connectivity index (χ2v) is 5.02. The Morgan fingerprint density at radius 1 is 1.32 bits per heavy atom. The average molecular weight is 267 g/mol. The molecule has 0 aliphatic heterocycles. The van der Waals surface area contributed by atoms with Crippen LogP contribution in [0.2, 0.25) is 0 Å². The van der Waals surface area contributed by atoms with Crippen LogP contribution in [0, 0.1) is 5.82 Å². The van der Waals surface area contributed by atoms with Gasteiger partial charge < -0.3 is 10.0 Å². The molecule has 0 saturated carbocycles. The van der Waals surface area contributed by atoms with E-state index < -0.39 is 6.10 Å². The SMILES string of the molecule is CC(=O)N(CCCC(O)c1ccc(F)cc1)C(C)C. The molecule has 1 N–H and O–H groups in total. The van der Waals surface area contributed by atoms with Gasteiger partial charge in [0.05, 0.1) is 6.10 Å². The zero-order valence-corrected chi connectivity index (χ0v) is 11.8. The Bertz CT molecular complexity index is 403. The first-order valence-corrected chi connectivity index (χ1v) is 6.62. The van der Waals surface area contributed by atoms with Crippen molar-refractivity contribution in [3.8, 4) is 0 Å². The summed E-state index contributed by atoms with van der Waals surface area (Å²) in [6.07, 6.45) is 0.667. The van der Waals surface area contributed by atoms with E-state index in [1.165, 1.54) is 12.1 Å². The van der Waals surface area contributed by atoms with Crippen molar-refractivity contribution in [1.29, 1.82) is 0 Å². The van der Waals surface area contributed by atoms with E-state index in [0.717, 1.165) is 6.42 Å². The van der Waals surface area contributed by atoms with Crippen LogP contribution in [0.3, 0.4) is 0 Å². The summed E-state index contributed by atoms with van der Waals surface area (Å²) in [6, 6.07) is 6.03. The molecule has 1 amide bonds. The van der Waals surface area contributed by atoms with Gasteiger partial charge in [-0.25, -0.2) is 4.39 Å². The van der Waals surface area contributed by atoms with E-state index in [1.807, 2.05) is 13.8 Å². The third-order valence-electron chi connectivity index (χ3n) is 3.16. The molecule has 0 aliphatic carbocycles. The van der Waals surface area contributed by atoms with E-state index in [-0.39, 0.29) is 17.8 Å². The van der Waals surface area contributed by atoms with Gasteiger partial charge in [-0.3, -0.25) is 4.79 Å². The Morgan fingerprint density at radius 3 is 2.37 bits per heavy atom. The van der Waals surface area contributed by atoms with Crippen LogP contribution in [-0.2, 0) is 4.79 Å². The molecule has 1 unspecified atom stereocenters. The number of aliphatic hydroxyl groups is 1. The summed E-state index contributed by atoms with van der Waals surface area (Å²) in [6.45, 7) is 6.12. The lowest BCUT2D eigenvalue weighted by Gasteiger charge is -2.25. The van der Waals surface area contributed by atoms with Gasteiger partial charge in [-0.2, -0.15) is 0 Å². The van der Waals surface area contributed by atoms with E-state index in [2.05, 4.69) is 0 Å². The molecule has 0 aromatic heterocycles. The topological polar surface area (TPSA) is 40.5 Å². The van der Waals surface area contributed by atoms with E-state index in [9.17, 15) is 14.3 Å². The fourth-order valence-corrected chi connectivity index (χ4v) is 2.09. The fraction of sp³-hybridized carbons (Fsp3) is 0.533. The summed E-state index contributed by atoms with van der Waals surface area (Å²) >= 11 is 0. The Kier molecular flexibility index (Phi) is 5.96. The molecule has 0 spiro atoms. The highest BCUT2D eigenvalue weighted by Crippen LogP contribution is 2.19. The second kappa shape index (κ2) is 7.24. The highest BCUT2D eigenvalue weighted by atomic mass is 19.1. The number of benzene rings is 1. The van der Waals surface area contributed by atoms with Crippen molar-refractivity contribution in [2.75, 3.05) is 6.54 Å². The molecule has 0 saturated heterocycles. The van der Waals surface area contributed by atoms with Crippen LogP contribution in [0.25, 0.3) is 0 Å². The highest BCUT2D eigenvalue weighted by molar-refractivity contribution is 5.73. The summed E-state index contributed by atoms with van der Waals surface area (Å²) in [5.74, 6) is -0.259. The van der Waals surface area contributed by atoms with E-state index >= 15 is 0 Å². The number of hydrogen-bond donors (Lipinski definition) is 1. The molecule has 0 heterocycles. The number of amides is 1. The first-order valence-electron chi connectivity index (χ1n) is 6.62. The van der Waals surface area contributed by atoms with E-state index in [4.69, 9.17) is 0 Å². The number of aliphatic hydroxyl groups excluding tert-OH is 1. The number of nitrogens with zero attached hydrogens (tertiary/aromatic N) is 1. The Hall–Kier alpha value is -1.42. The van der Waals surface area contributed by atoms with Crippen molar-refractivity contribution in [3.63, 3.8) is 0 Å². The van der Waals surface area contributed by atoms with Crippen LogP contribution >= 0.6 is 0 Å². The number of carbonyl (C=O) groups excluding carboxylic acids is 1. The third kappa shape index (κ3) is 4.99. The maximum absolute atomic E-state index is 12.8. The minimum atomic E-state index is -0.610. The van der Waals surface area contributed by atoms with Gasteiger partial charge in [-0.1, -0.05) is 12.1 Å². The summed E-state index contributed by atoms with van der Waals surface area (Å²) in [4.78, 5) is 13.2. The van der Waals surface area contributed by atoms with Gasteiger partial charge >= 0.3 is 0 Å². The summed E-state index contributed by atoms with van der Waals surface area (Å²) in [5, 5.41) is 9.98. The minimum absolute atomic E-state index is 0.0475. The Morgan fingerprint density at radius 2 is 1.89 bits per heavy atom. The van der Waals surface area contributed by atoms with Gasteiger partial charge in [0.2, 0.25) is 5.91 Å². The van der Waals surface area contributed by atoms with E-state index in [0.29, 0.717) is 18.5 Å². The highest BCUT2D eigenvalue weighted by Gasteiger charge is 2.13. The molecule has 1 rings (SSSR count). The van der Waals surface area contributed by atoms with Crippen LogP contribution < -0.4 is 0 Å². The number of carbonyl (C=O) groups is 1. The third-order valence-corrected chi connectivity index (χ3v) is 3.16. The van der Waals surface area contributed by atoms with Crippen molar-refractivity contribution in [1.82, 2.24) is 4.90 Å². The number of rotatable bonds is 6. The molecule has 1 aromatic carbocycles. The van der Waals surface area contributed by atoms with Gasteiger partial charge in [-0.05, 0) is 44.4 Å². The summed E-state index contributed by atoms with van der Waals surface area (Å²) < 4.78 is 12.8. The zero-order chi connectivity index (χ0) is 14.4. The van der Waals surface area contributed by atoms with Crippen molar-refractivity contribution >= 4 is 5.91 Å². The lowest BCUT2D eigenvalue weighted by molar-refractivity contribution is -0.130. The summed E-state index contributed by atoms with van der Waals surface area (Å²) in [7, 11) is 0. The van der Waals surface area contributed by atoms with Gasteiger partial charge in [0.1, 0.15) is 5.82 Å². The first-order chi connectivity index (χ1) is 8.91. The van der Waals surface area contributed by atoms with Crippen LogP contribution in [0.15, 0.2) is 24.3 Å².